The van der Waals surface area contributed by atoms with Crippen molar-refractivity contribution in [2.45, 2.75) is 12.8 Å². The van der Waals surface area contributed by atoms with Crippen LogP contribution in [0.15, 0.2) is 42.5 Å². The summed E-state index contributed by atoms with van der Waals surface area (Å²) in [4.78, 5) is 46.9. The van der Waals surface area contributed by atoms with Gasteiger partial charge in [0.2, 0.25) is 11.8 Å². The summed E-state index contributed by atoms with van der Waals surface area (Å²) in [5.74, 6) is 0.0868. The Kier molecular flexibility index (Phi) is 6.20. The number of carbonyl (C=O) groups is 3. The second-order valence-electron chi connectivity index (χ2n) is 7.76. The number of rotatable bonds is 7. The second kappa shape index (κ2) is 9.05. The zero-order chi connectivity index (χ0) is 22.8. The zero-order valence-corrected chi connectivity index (χ0v) is 19.0. The van der Waals surface area contributed by atoms with Crippen LogP contribution in [0.4, 0.5) is 10.8 Å². The molecule has 0 saturated carbocycles. The molecule has 0 spiro atoms. The predicted molar refractivity (Wildman–Crippen MR) is 125 cm³/mol. The lowest BCUT2D eigenvalue weighted by Crippen LogP contribution is -2.36. The topological polar surface area (TPSA) is 83.0 Å². The summed E-state index contributed by atoms with van der Waals surface area (Å²) in [5, 5.41) is 0.606. The van der Waals surface area contributed by atoms with Gasteiger partial charge in [-0.3, -0.25) is 24.2 Å². The summed E-state index contributed by atoms with van der Waals surface area (Å²) >= 11 is 1.45. The number of thiazole rings is 1. The molecule has 8 nitrogen and oxygen atoms in total. The number of hydrogen-bond acceptors (Lipinski definition) is 7. The van der Waals surface area contributed by atoms with Gasteiger partial charge in [-0.05, 0) is 50.5 Å². The summed E-state index contributed by atoms with van der Waals surface area (Å²) in [6.45, 7) is 1.13. The van der Waals surface area contributed by atoms with Crippen LogP contribution in [0.3, 0.4) is 0 Å². The Balaban J connectivity index is 1.63. The van der Waals surface area contributed by atoms with Gasteiger partial charge in [-0.25, -0.2) is 4.98 Å². The Morgan fingerprint density at radius 1 is 1.06 bits per heavy atom. The molecule has 0 unspecified atom stereocenters. The number of carbonyl (C=O) groups excluding carboxylic acids is 3. The van der Waals surface area contributed by atoms with Gasteiger partial charge in [0.25, 0.3) is 5.91 Å². The largest absolute Gasteiger partial charge is 0.497 e. The van der Waals surface area contributed by atoms with Gasteiger partial charge in [0, 0.05) is 37.6 Å². The van der Waals surface area contributed by atoms with E-state index in [0.717, 1.165) is 10.2 Å². The number of ether oxygens (including phenoxy) is 1. The Hall–Kier alpha value is -3.30. The Morgan fingerprint density at radius 3 is 2.38 bits per heavy atom. The van der Waals surface area contributed by atoms with Crippen LogP contribution in [-0.2, 0) is 9.59 Å². The number of anilines is 2. The molecule has 0 atom stereocenters. The Labute approximate surface area is 190 Å². The lowest BCUT2D eigenvalue weighted by atomic mass is 10.1. The molecule has 1 saturated heterocycles. The molecule has 1 aliphatic heterocycles. The summed E-state index contributed by atoms with van der Waals surface area (Å²) in [5.41, 5.74) is 1.72. The van der Waals surface area contributed by atoms with E-state index in [-0.39, 0.29) is 30.6 Å². The fraction of sp³-hybridized carbons (Fsp3) is 0.304. The highest BCUT2D eigenvalue weighted by molar-refractivity contribution is 7.22. The molecule has 0 aliphatic carbocycles. The number of aromatic nitrogens is 1. The minimum Gasteiger partial charge on any atom is -0.497 e. The van der Waals surface area contributed by atoms with Gasteiger partial charge in [0.05, 0.1) is 23.0 Å². The molecule has 1 aromatic heterocycles. The minimum absolute atomic E-state index is 0.191. The Morgan fingerprint density at radius 2 is 1.75 bits per heavy atom. The third-order valence-corrected chi connectivity index (χ3v) is 6.31. The van der Waals surface area contributed by atoms with Gasteiger partial charge < -0.3 is 9.64 Å². The molecule has 0 bridgehead atoms. The van der Waals surface area contributed by atoms with Crippen molar-refractivity contribution in [3.8, 4) is 5.75 Å². The van der Waals surface area contributed by atoms with Gasteiger partial charge >= 0.3 is 0 Å². The van der Waals surface area contributed by atoms with Crippen molar-refractivity contribution >= 4 is 50.1 Å². The molecule has 166 valence electrons. The highest BCUT2D eigenvalue weighted by Gasteiger charge is 2.30. The molecule has 3 amide bonds. The van der Waals surface area contributed by atoms with Gasteiger partial charge in [0.1, 0.15) is 5.75 Å². The number of fused-ring (bicyclic) bond motifs is 1. The van der Waals surface area contributed by atoms with E-state index in [0.29, 0.717) is 35.2 Å². The monoisotopic (exact) mass is 452 g/mol. The van der Waals surface area contributed by atoms with Crippen molar-refractivity contribution in [3.63, 3.8) is 0 Å². The van der Waals surface area contributed by atoms with Crippen LogP contribution in [0.25, 0.3) is 10.2 Å². The molecule has 3 aromatic rings. The van der Waals surface area contributed by atoms with E-state index in [1.54, 1.807) is 36.3 Å². The van der Waals surface area contributed by atoms with E-state index >= 15 is 0 Å². The quantitative estimate of drug-likeness (QED) is 0.512. The standard InChI is InChI=1S/C23H24N4O4S/c1-25(2)12-13-26(23-24-18-14-17(31-3)8-9-19(18)32-23)22(30)15-4-6-16(7-5-15)27-20(28)10-11-21(27)29/h4-9,14H,10-13H2,1-3H3. The molecule has 2 aromatic carbocycles. The Bertz CT molecular complexity index is 1160. The van der Waals surface area contributed by atoms with Crippen molar-refractivity contribution in [2.75, 3.05) is 44.1 Å². The second-order valence-corrected chi connectivity index (χ2v) is 8.77. The highest BCUT2D eigenvalue weighted by atomic mass is 32.1. The summed E-state index contributed by atoms with van der Waals surface area (Å²) < 4.78 is 6.24. The smallest absolute Gasteiger partial charge is 0.260 e. The van der Waals surface area contributed by atoms with E-state index in [4.69, 9.17) is 4.74 Å². The molecule has 4 rings (SSSR count). The maximum absolute atomic E-state index is 13.4. The first kappa shape index (κ1) is 21.9. The molecule has 32 heavy (non-hydrogen) atoms. The number of methoxy groups -OCH3 is 1. The van der Waals surface area contributed by atoms with Crippen LogP contribution < -0.4 is 14.5 Å². The van der Waals surface area contributed by atoms with Crippen molar-refractivity contribution in [2.24, 2.45) is 0 Å². The normalized spacial score (nSPS) is 13.9. The molecular weight excluding hydrogens is 428 g/mol. The van der Waals surface area contributed by atoms with Gasteiger partial charge in [-0.1, -0.05) is 11.3 Å². The molecular formula is C23H24N4O4S. The first-order valence-corrected chi connectivity index (χ1v) is 11.1. The first-order valence-electron chi connectivity index (χ1n) is 10.2. The summed E-state index contributed by atoms with van der Waals surface area (Å²) in [6, 6.07) is 12.2. The van der Waals surface area contributed by atoms with Crippen molar-refractivity contribution in [1.82, 2.24) is 9.88 Å². The van der Waals surface area contributed by atoms with Crippen LogP contribution in [0, 0.1) is 0 Å². The first-order chi connectivity index (χ1) is 15.4. The molecule has 9 heteroatoms. The van der Waals surface area contributed by atoms with E-state index < -0.39 is 0 Å². The van der Waals surface area contributed by atoms with Crippen molar-refractivity contribution in [1.29, 1.82) is 0 Å². The lowest BCUT2D eigenvalue weighted by molar-refractivity contribution is -0.121. The third-order valence-electron chi connectivity index (χ3n) is 5.25. The average molecular weight is 453 g/mol. The predicted octanol–water partition coefficient (Wildman–Crippen LogP) is 3.17. The highest BCUT2D eigenvalue weighted by Crippen LogP contribution is 2.32. The number of hydrogen-bond donors (Lipinski definition) is 0. The van der Waals surface area contributed by atoms with Crippen LogP contribution in [0.1, 0.15) is 23.2 Å². The maximum atomic E-state index is 13.4. The van der Waals surface area contributed by atoms with Crippen molar-refractivity contribution in [3.05, 3.63) is 48.0 Å². The van der Waals surface area contributed by atoms with E-state index in [1.165, 1.54) is 16.2 Å². The fourth-order valence-electron chi connectivity index (χ4n) is 3.50. The van der Waals surface area contributed by atoms with Crippen LogP contribution >= 0.6 is 11.3 Å². The SMILES string of the molecule is COc1ccc2sc(N(CCN(C)C)C(=O)c3ccc(N4C(=O)CCC4=O)cc3)nc2c1. The number of likely N-dealkylation sites (N-methyl/N-ethyl adjacent to an activating group) is 1. The number of benzene rings is 2. The van der Waals surface area contributed by atoms with Gasteiger partial charge in [0.15, 0.2) is 5.13 Å². The van der Waals surface area contributed by atoms with E-state index in [1.807, 2.05) is 37.2 Å². The molecule has 0 radical (unpaired) electrons. The molecule has 2 heterocycles. The number of nitrogens with zero attached hydrogens (tertiary/aromatic N) is 4. The van der Waals surface area contributed by atoms with Crippen molar-refractivity contribution < 1.29 is 19.1 Å². The third kappa shape index (κ3) is 4.35. The van der Waals surface area contributed by atoms with Gasteiger partial charge in [-0.2, -0.15) is 0 Å². The molecule has 1 aliphatic rings. The maximum Gasteiger partial charge on any atom is 0.260 e. The summed E-state index contributed by atoms with van der Waals surface area (Å²) in [6.07, 6.45) is 0.445. The van der Waals surface area contributed by atoms with Crippen LogP contribution in [0.2, 0.25) is 0 Å². The van der Waals surface area contributed by atoms with E-state index in [9.17, 15) is 14.4 Å². The lowest BCUT2D eigenvalue weighted by Gasteiger charge is -2.22. The molecule has 1 fully saturated rings. The zero-order valence-electron chi connectivity index (χ0n) is 18.2. The summed E-state index contributed by atoms with van der Waals surface area (Å²) in [7, 11) is 5.50. The fourth-order valence-corrected chi connectivity index (χ4v) is 4.47. The molecule has 0 N–H and O–H groups in total. The van der Waals surface area contributed by atoms with Crippen LogP contribution in [-0.4, -0.2) is 61.9 Å². The average Bonchev–Trinajstić information content (AvgIpc) is 3.35. The number of amides is 3. The van der Waals surface area contributed by atoms with Gasteiger partial charge in [-0.15, -0.1) is 0 Å². The van der Waals surface area contributed by atoms with E-state index in [2.05, 4.69) is 4.98 Å². The van der Waals surface area contributed by atoms with Crippen LogP contribution in [0.5, 0.6) is 5.75 Å². The number of imide groups is 1. The minimum atomic E-state index is -0.216.